The molecule has 0 saturated carbocycles. The number of carbonyl (C=O) groups excluding carboxylic acids is 1. The lowest BCUT2D eigenvalue weighted by atomic mass is 10.1. The van der Waals surface area contributed by atoms with E-state index in [9.17, 15) is 44.3 Å². The van der Waals surface area contributed by atoms with Crippen LogP contribution in [-0.2, 0) is 27.4 Å². The quantitative estimate of drug-likeness (QED) is 0.257. The number of sulfonamides is 1. The number of benzene rings is 3. The Bertz CT molecular complexity index is 1540. The van der Waals surface area contributed by atoms with E-state index in [2.05, 4.69) is 14.8 Å². The van der Waals surface area contributed by atoms with Crippen molar-refractivity contribution in [2.24, 2.45) is 0 Å². The molecule has 0 saturated heterocycles. The lowest BCUT2D eigenvalue weighted by Crippen LogP contribution is -2.23. The summed E-state index contributed by atoms with van der Waals surface area (Å²) in [5.41, 5.74) is -1.97. The topological polar surface area (TPSA) is 131 Å². The van der Waals surface area contributed by atoms with Crippen LogP contribution in [0.15, 0.2) is 65.6 Å². The predicted molar refractivity (Wildman–Crippen MR) is 131 cm³/mol. The lowest BCUT2D eigenvalue weighted by Gasteiger charge is -2.17. The number of hydrogen-bond acceptors (Lipinski definition) is 6. The molecule has 220 valence electrons. The minimum Gasteiger partial charge on any atom is -0.481 e. The summed E-state index contributed by atoms with van der Waals surface area (Å²) in [6, 6.07) is 8.64. The smallest absolute Gasteiger partial charge is 0.481 e. The van der Waals surface area contributed by atoms with Crippen LogP contribution < -0.4 is 19.5 Å². The van der Waals surface area contributed by atoms with Gasteiger partial charge in [-0.1, -0.05) is 0 Å². The van der Waals surface area contributed by atoms with Gasteiger partial charge in [-0.2, -0.15) is 13.2 Å². The van der Waals surface area contributed by atoms with E-state index in [-0.39, 0.29) is 23.4 Å². The number of hydrogen-bond donors (Lipinski definition) is 3. The van der Waals surface area contributed by atoms with Crippen molar-refractivity contribution in [3.05, 3.63) is 77.4 Å². The van der Waals surface area contributed by atoms with Crippen molar-refractivity contribution >= 4 is 27.6 Å². The highest BCUT2D eigenvalue weighted by molar-refractivity contribution is 7.92. The van der Waals surface area contributed by atoms with E-state index in [1.165, 1.54) is 6.07 Å². The molecule has 0 radical (unpaired) electrons. The average Bonchev–Trinajstić information content (AvgIpc) is 2.83. The standard InChI is InChI=1S/C25H20F6N2O7S/c1-2-32-23(36)15-3-8-21(39-18-10-14(11-22(34)35)9-16(13-18)24(26,27)28)20(12-15)33-41(37,38)19-6-4-17(5-7-19)40-25(29,30)31/h3-10,12-13,33H,2,11H2,1H3,(H,32,36)(H,34,35). The highest BCUT2D eigenvalue weighted by Crippen LogP contribution is 2.37. The summed E-state index contributed by atoms with van der Waals surface area (Å²) in [5.74, 6) is -3.60. The molecule has 3 aromatic carbocycles. The van der Waals surface area contributed by atoms with Crippen LogP contribution in [0.1, 0.15) is 28.4 Å². The Labute approximate surface area is 228 Å². The van der Waals surface area contributed by atoms with E-state index in [0.29, 0.717) is 12.1 Å². The van der Waals surface area contributed by atoms with Crippen molar-refractivity contribution in [1.82, 2.24) is 5.32 Å². The molecule has 0 heterocycles. The van der Waals surface area contributed by atoms with Crippen molar-refractivity contribution in [1.29, 1.82) is 0 Å². The van der Waals surface area contributed by atoms with Crippen molar-refractivity contribution in [3.63, 3.8) is 0 Å². The minimum atomic E-state index is -5.02. The number of rotatable bonds is 10. The number of carboxylic acid groups (broad SMARTS) is 1. The Morgan fingerprint density at radius 2 is 1.56 bits per heavy atom. The summed E-state index contributed by atoms with van der Waals surface area (Å²) in [5, 5.41) is 11.5. The SMILES string of the molecule is CCNC(=O)c1ccc(Oc2cc(CC(=O)O)cc(C(F)(F)F)c2)c(NS(=O)(=O)c2ccc(OC(F)(F)F)cc2)c1. The number of nitrogens with one attached hydrogen (secondary N) is 2. The highest BCUT2D eigenvalue weighted by atomic mass is 32.2. The first-order valence-corrected chi connectivity index (χ1v) is 12.9. The van der Waals surface area contributed by atoms with E-state index in [0.717, 1.165) is 42.5 Å². The zero-order chi connectivity index (χ0) is 30.6. The van der Waals surface area contributed by atoms with Crippen LogP contribution in [-0.4, -0.2) is 38.3 Å². The van der Waals surface area contributed by atoms with E-state index < -0.39 is 68.5 Å². The Hall–Kier alpha value is -4.47. The summed E-state index contributed by atoms with van der Waals surface area (Å²) in [7, 11) is -4.56. The number of alkyl halides is 6. The molecule has 3 N–H and O–H groups in total. The number of carboxylic acids is 1. The van der Waals surface area contributed by atoms with Gasteiger partial charge in [-0.3, -0.25) is 14.3 Å². The number of carbonyl (C=O) groups is 2. The van der Waals surface area contributed by atoms with Crippen molar-refractivity contribution < 1.29 is 58.9 Å². The predicted octanol–water partition coefficient (Wildman–Crippen LogP) is 5.57. The second kappa shape index (κ2) is 12.0. The normalized spacial score (nSPS) is 12.0. The third-order valence-electron chi connectivity index (χ3n) is 5.07. The monoisotopic (exact) mass is 606 g/mol. The number of ether oxygens (including phenoxy) is 2. The molecule has 0 aliphatic rings. The molecule has 0 unspecified atom stereocenters. The number of anilines is 1. The van der Waals surface area contributed by atoms with Crippen LogP contribution in [0.25, 0.3) is 0 Å². The van der Waals surface area contributed by atoms with Gasteiger partial charge in [0.2, 0.25) is 0 Å². The van der Waals surface area contributed by atoms with Crippen LogP contribution in [0.5, 0.6) is 17.2 Å². The Kier molecular flexibility index (Phi) is 9.06. The molecule has 16 heteroatoms. The molecule has 0 aliphatic heterocycles. The van der Waals surface area contributed by atoms with Crippen molar-refractivity contribution in [2.75, 3.05) is 11.3 Å². The molecule has 0 spiro atoms. The molecule has 0 aliphatic carbocycles. The van der Waals surface area contributed by atoms with Gasteiger partial charge in [0.1, 0.15) is 11.5 Å². The van der Waals surface area contributed by atoms with Crippen LogP contribution in [0.4, 0.5) is 32.0 Å². The Morgan fingerprint density at radius 1 is 0.902 bits per heavy atom. The average molecular weight is 606 g/mol. The third-order valence-corrected chi connectivity index (χ3v) is 6.45. The van der Waals surface area contributed by atoms with E-state index in [1.54, 1.807) is 6.92 Å². The molecule has 0 aromatic heterocycles. The van der Waals surface area contributed by atoms with Gasteiger partial charge >= 0.3 is 18.5 Å². The lowest BCUT2D eigenvalue weighted by molar-refractivity contribution is -0.274. The first-order valence-electron chi connectivity index (χ1n) is 11.4. The summed E-state index contributed by atoms with van der Waals surface area (Å²) in [6.45, 7) is 1.83. The maximum Gasteiger partial charge on any atom is 0.573 e. The minimum absolute atomic E-state index is 0.0681. The van der Waals surface area contributed by atoms with E-state index in [1.807, 2.05) is 0 Å². The maximum atomic E-state index is 13.4. The summed E-state index contributed by atoms with van der Waals surface area (Å²) < 4.78 is 115. The van der Waals surface area contributed by atoms with Crippen LogP contribution in [0, 0.1) is 0 Å². The second-order valence-corrected chi connectivity index (χ2v) is 9.91. The third kappa shape index (κ3) is 8.76. The molecule has 0 fully saturated rings. The van der Waals surface area contributed by atoms with Crippen molar-refractivity contribution in [2.45, 2.75) is 30.8 Å². The molecular formula is C25H20F6N2O7S. The number of aliphatic carboxylic acids is 1. The molecule has 41 heavy (non-hydrogen) atoms. The molecule has 9 nitrogen and oxygen atoms in total. The van der Waals surface area contributed by atoms with Gasteiger partial charge in [0.25, 0.3) is 15.9 Å². The second-order valence-electron chi connectivity index (χ2n) is 8.23. The van der Waals surface area contributed by atoms with Gasteiger partial charge < -0.3 is 19.9 Å². The van der Waals surface area contributed by atoms with Crippen LogP contribution in [0.3, 0.4) is 0 Å². The van der Waals surface area contributed by atoms with E-state index in [4.69, 9.17) is 9.84 Å². The van der Waals surface area contributed by atoms with Crippen molar-refractivity contribution in [3.8, 4) is 17.2 Å². The van der Waals surface area contributed by atoms with Crippen LogP contribution >= 0.6 is 0 Å². The fourth-order valence-electron chi connectivity index (χ4n) is 3.41. The fraction of sp³-hybridized carbons (Fsp3) is 0.200. The first-order chi connectivity index (χ1) is 19.0. The summed E-state index contributed by atoms with van der Waals surface area (Å²) in [6.07, 6.45) is -10.7. The summed E-state index contributed by atoms with van der Waals surface area (Å²) >= 11 is 0. The zero-order valence-corrected chi connectivity index (χ0v) is 21.6. The number of halogens is 6. The molecule has 0 bridgehead atoms. The van der Waals surface area contributed by atoms with Gasteiger partial charge in [-0.25, -0.2) is 8.42 Å². The highest BCUT2D eigenvalue weighted by Gasteiger charge is 2.32. The summed E-state index contributed by atoms with van der Waals surface area (Å²) in [4.78, 5) is 22.9. The zero-order valence-electron chi connectivity index (χ0n) is 20.8. The van der Waals surface area contributed by atoms with Gasteiger partial charge in [0, 0.05) is 12.1 Å². The van der Waals surface area contributed by atoms with E-state index >= 15 is 0 Å². The first kappa shape index (κ1) is 31.1. The number of amides is 1. The fourth-order valence-corrected chi connectivity index (χ4v) is 4.47. The largest absolute Gasteiger partial charge is 0.573 e. The molecule has 3 rings (SSSR count). The van der Waals surface area contributed by atoms with Gasteiger partial charge in [-0.15, -0.1) is 13.2 Å². The molecular weight excluding hydrogens is 586 g/mol. The maximum absolute atomic E-state index is 13.4. The van der Waals surface area contributed by atoms with Gasteiger partial charge in [0.15, 0.2) is 5.75 Å². The molecule has 0 atom stereocenters. The Balaban J connectivity index is 2.04. The van der Waals surface area contributed by atoms with Gasteiger partial charge in [0.05, 0.1) is 22.6 Å². The Morgan fingerprint density at radius 3 is 2.12 bits per heavy atom. The van der Waals surface area contributed by atoms with Crippen LogP contribution in [0.2, 0.25) is 0 Å². The van der Waals surface area contributed by atoms with Gasteiger partial charge in [-0.05, 0) is 73.2 Å². The molecule has 1 amide bonds. The molecule has 3 aromatic rings.